The maximum Gasteiger partial charge on any atom is 0.242 e. The van der Waals surface area contributed by atoms with Gasteiger partial charge >= 0.3 is 0 Å². The highest BCUT2D eigenvalue weighted by Gasteiger charge is 2.33. The van der Waals surface area contributed by atoms with Gasteiger partial charge in [0.25, 0.3) is 0 Å². The van der Waals surface area contributed by atoms with E-state index in [2.05, 4.69) is 25.6 Å². The molecular weight excluding hydrogens is 537 g/mol. The number of nitrogens with one attached hydrogen (secondary N) is 3. The minimum absolute atomic E-state index is 0.0702. The van der Waals surface area contributed by atoms with Crippen molar-refractivity contribution in [2.45, 2.75) is 32.5 Å². The molecule has 0 bridgehead atoms. The predicted octanol–water partition coefficient (Wildman–Crippen LogP) is 4.55. The zero-order valence-corrected chi connectivity index (χ0v) is 23.6. The lowest BCUT2D eigenvalue weighted by Gasteiger charge is -2.21. The van der Waals surface area contributed by atoms with Gasteiger partial charge < -0.3 is 24.9 Å². The van der Waals surface area contributed by atoms with E-state index in [9.17, 15) is 14.3 Å². The van der Waals surface area contributed by atoms with Crippen LogP contribution in [0.2, 0.25) is 0 Å². The molecule has 1 aliphatic carbocycles. The van der Waals surface area contributed by atoms with Gasteiger partial charge in [0.2, 0.25) is 11.7 Å². The third-order valence-corrected chi connectivity index (χ3v) is 7.22. The first-order chi connectivity index (χ1) is 20.4. The Balaban J connectivity index is 1.52. The molecule has 0 saturated carbocycles. The van der Waals surface area contributed by atoms with Crippen molar-refractivity contribution in [2.75, 3.05) is 14.2 Å². The number of rotatable bonds is 11. The molecule has 1 atom stereocenters. The normalized spacial score (nSPS) is 14.1. The number of methoxy groups -OCH3 is 2. The summed E-state index contributed by atoms with van der Waals surface area (Å²) in [6.07, 6.45) is 9.24. The summed E-state index contributed by atoms with van der Waals surface area (Å²) in [7, 11) is 2.96. The SMILES string of the molecule is COc1cc(C/C=C2/C(C)=C(C(NCc3ncc[nH]3)C(=O)NCc3cccnc3)c3cc(F)ccc32)cc(OC)c1O. The Bertz CT molecular complexity index is 1610. The quantitative estimate of drug-likeness (QED) is 0.209. The number of hydrogen-bond donors (Lipinski definition) is 4. The topological polar surface area (TPSA) is 121 Å². The van der Waals surface area contributed by atoms with Gasteiger partial charge in [0.1, 0.15) is 17.7 Å². The summed E-state index contributed by atoms with van der Waals surface area (Å²) < 4.78 is 25.3. The predicted molar refractivity (Wildman–Crippen MR) is 157 cm³/mol. The number of aromatic nitrogens is 3. The van der Waals surface area contributed by atoms with Gasteiger partial charge in [-0.1, -0.05) is 18.2 Å². The van der Waals surface area contributed by atoms with E-state index in [0.29, 0.717) is 48.0 Å². The van der Waals surface area contributed by atoms with Crippen LogP contribution < -0.4 is 20.1 Å². The van der Waals surface area contributed by atoms with Crippen molar-refractivity contribution in [3.05, 3.63) is 113 Å². The number of allylic oxidation sites excluding steroid dienone is 3. The average Bonchev–Trinajstić information content (AvgIpc) is 3.62. The molecule has 5 rings (SSSR count). The lowest BCUT2D eigenvalue weighted by molar-refractivity contribution is -0.122. The van der Waals surface area contributed by atoms with Gasteiger partial charge in [-0.15, -0.1) is 0 Å². The van der Waals surface area contributed by atoms with Crippen LogP contribution in [0.4, 0.5) is 4.39 Å². The number of fused-ring (bicyclic) bond motifs is 1. The molecule has 42 heavy (non-hydrogen) atoms. The Morgan fingerprint density at radius 2 is 1.86 bits per heavy atom. The number of halogens is 1. The molecule has 0 radical (unpaired) electrons. The van der Waals surface area contributed by atoms with Crippen molar-refractivity contribution in [3.63, 3.8) is 0 Å². The summed E-state index contributed by atoms with van der Waals surface area (Å²) >= 11 is 0. The number of phenols is 1. The van der Waals surface area contributed by atoms with Gasteiger partial charge in [-0.05, 0) is 82.6 Å². The fourth-order valence-corrected chi connectivity index (χ4v) is 5.16. The number of aromatic amines is 1. The maximum atomic E-state index is 14.7. The Kier molecular flexibility index (Phi) is 8.63. The van der Waals surface area contributed by atoms with Crippen molar-refractivity contribution < 1.29 is 23.8 Å². The van der Waals surface area contributed by atoms with Crippen LogP contribution in [-0.4, -0.2) is 46.2 Å². The summed E-state index contributed by atoms with van der Waals surface area (Å²) in [6, 6.07) is 11.0. The van der Waals surface area contributed by atoms with Crippen LogP contribution in [0.15, 0.2) is 78.9 Å². The second-order valence-electron chi connectivity index (χ2n) is 9.83. The number of phenolic OH excluding ortho intramolecular Hbond substituents is 1. The molecule has 2 aromatic heterocycles. The van der Waals surface area contributed by atoms with Crippen molar-refractivity contribution in [1.82, 2.24) is 25.6 Å². The molecule has 0 aliphatic heterocycles. The fraction of sp³-hybridized carbons (Fsp3) is 0.219. The first kappa shape index (κ1) is 28.6. The summed E-state index contributed by atoms with van der Waals surface area (Å²) in [5.41, 5.74) is 5.60. The molecule has 10 heteroatoms. The van der Waals surface area contributed by atoms with Gasteiger partial charge in [0, 0.05) is 31.3 Å². The Morgan fingerprint density at radius 3 is 2.52 bits per heavy atom. The minimum Gasteiger partial charge on any atom is -0.502 e. The maximum absolute atomic E-state index is 14.7. The third-order valence-electron chi connectivity index (χ3n) is 7.22. The van der Waals surface area contributed by atoms with E-state index in [0.717, 1.165) is 27.8 Å². The van der Waals surface area contributed by atoms with Crippen molar-refractivity contribution in [1.29, 1.82) is 0 Å². The first-order valence-corrected chi connectivity index (χ1v) is 13.4. The molecule has 216 valence electrons. The van der Waals surface area contributed by atoms with Crippen LogP contribution in [0.25, 0.3) is 11.1 Å². The first-order valence-electron chi connectivity index (χ1n) is 13.4. The molecule has 1 aliphatic rings. The van der Waals surface area contributed by atoms with Crippen molar-refractivity contribution in [2.24, 2.45) is 0 Å². The number of aromatic hydroxyl groups is 1. The third kappa shape index (κ3) is 6.03. The molecule has 1 amide bonds. The molecule has 9 nitrogen and oxygen atoms in total. The van der Waals surface area contributed by atoms with Gasteiger partial charge in [0.05, 0.1) is 20.8 Å². The molecule has 4 N–H and O–H groups in total. The number of nitrogens with zero attached hydrogens (tertiary/aromatic N) is 2. The number of pyridine rings is 1. The van der Waals surface area contributed by atoms with E-state index in [1.165, 1.54) is 26.4 Å². The minimum atomic E-state index is -0.799. The highest BCUT2D eigenvalue weighted by atomic mass is 19.1. The van der Waals surface area contributed by atoms with Gasteiger partial charge in [-0.3, -0.25) is 15.1 Å². The molecule has 2 aromatic carbocycles. The Labute approximate surface area is 243 Å². The summed E-state index contributed by atoms with van der Waals surface area (Å²) in [4.78, 5) is 25.2. The van der Waals surface area contributed by atoms with E-state index >= 15 is 0 Å². The summed E-state index contributed by atoms with van der Waals surface area (Å²) in [5, 5.41) is 16.6. The number of amides is 1. The van der Waals surface area contributed by atoms with Crippen LogP contribution in [0.5, 0.6) is 17.2 Å². The van der Waals surface area contributed by atoms with Crippen molar-refractivity contribution >= 4 is 17.1 Å². The average molecular weight is 570 g/mol. The Hall–Kier alpha value is -4.96. The van der Waals surface area contributed by atoms with Crippen LogP contribution in [-0.2, 0) is 24.3 Å². The number of carbonyl (C=O) groups is 1. The van der Waals surface area contributed by atoms with Gasteiger partial charge in [-0.2, -0.15) is 0 Å². The molecule has 2 heterocycles. The standard InChI is InChI=1S/C32H32FN5O4/c1-19-23(8-6-20-13-26(41-2)31(39)27(14-20)42-3)24-9-7-22(33)15-25(24)29(19)30(37-18-28-35-11-12-36-28)32(40)38-17-21-5-4-10-34-16-21/h4-5,7-16,30,37,39H,6,17-18H2,1-3H3,(H,35,36)(H,38,40)/b23-8-. The van der Waals surface area contributed by atoms with E-state index < -0.39 is 11.9 Å². The van der Waals surface area contributed by atoms with Crippen molar-refractivity contribution in [3.8, 4) is 17.2 Å². The number of imidazole rings is 1. The largest absolute Gasteiger partial charge is 0.502 e. The molecule has 0 fully saturated rings. The van der Waals surface area contributed by atoms with E-state index in [1.54, 1.807) is 43.0 Å². The van der Waals surface area contributed by atoms with Crippen LogP contribution in [0, 0.1) is 5.82 Å². The monoisotopic (exact) mass is 569 g/mol. The van der Waals surface area contributed by atoms with Crippen LogP contribution in [0.1, 0.15) is 35.0 Å². The van der Waals surface area contributed by atoms with E-state index in [4.69, 9.17) is 9.47 Å². The zero-order chi connectivity index (χ0) is 29.6. The van der Waals surface area contributed by atoms with E-state index in [1.807, 2.05) is 25.1 Å². The molecule has 0 saturated heterocycles. The summed E-state index contributed by atoms with van der Waals surface area (Å²) in [6.45, 7) is 2.53. The molecule has 0 spiro atoms. The number of ether oxygens (including phenoxy) is 2. The van der Waals surface area contributed by atoms with Gasteiger partial charge in [0.15, 0.2) is 11.5 Å². The fourth-order valence-electron chi connectivity index (χ4n) is 5.16. The number of benzene rings is 2. The number of hydrogen-bond acceptors (Lipinski definition) is 7. The lowest BCUT2D eigenvalue weighted by atomic mass is 9.97. The highest BCUT2D eigenvalue weighted by Crippen LogP contribution is 2.44. The molecule has 1 unspecified atom stereocenters. The second kappa shape index (κ2) is 12.7. The second-order valence-corrected chi connectivity index (χ2v) is 9.83. The number of carbonyl (C=O) groups excluding carboxylic acids is 1. The molecule has 4 aromatic rings. The number of H-pyrrole nitrogens is 1. The molecular formula is C32H32FN5O4. The smallest absolute Gasteiger partial charge is 0.242 e. The lowest BCUT2D eigenvalue weighted by Crippen LogP contribution is -2.44. The van der Waals surface area contributed by atoms with Gasteiger partial charge in [-0.25, -0.2) is 9.37 Å². The summed E-state index contributed by atoms with van der Waals surface area (Å²) in [5.74, 6) is 0.549. The Morgan fingerprint density at radius 1 is 1.07 bits per heavy atom. The highest BCUT2D eigenvalue weighted by molar-refractivity contribution is 6.07. The van der Waals surface area contributed by atoms with Crippen LogP contribution in [0.3, 0.4) is 0 Å². The zero-order valence-electron chi connectivity index (χ0n) is 23.6. The van der Waals surface area contributed by atoms with E-state index in [-0.39, 0.29) is 11.7 Å². The van der Waals surface area contributed by atoms with Crippen LogP contribution >= 0.6 is 0 Å².